The number of nitrogens with zero attached hydrogens (tertiary/aromatic N) is 1. The Hall–Kier alpha value is -0.380. The summed E-state index contributed by atoms with van der Waals surface area (Å²) in [6.45, 7) is 6.66. The molecule has 0 aliphatic carbocycles. The topological polar surface area (TPSA) is 3.88 Å². The molecule has 0 bridgehead atoms. The molecule has 0 spiro atoms. The van der Waals surface area contributed by atoms with Crippen LogP contribution in [0.25, 0.3) is 0 Å². The van der Waals surface area contributed by atoms with Crippen LogP contribution >= 0.6 is 0 Å². The van der Waals surface area contributed by atoms with Crippen molar-refractivity contribution < 1.29 is 28.5 Å². The van der Waals surface area contributed by atoms with E-state index in [2.05, 4.69) is 30.3 Å². The molecule has 1 heterocycles. The molecule has 0 unspecified atom stereocenters. The monoisotopic (exact) mass is 261 g/mol. The molecule has 0 amide bonds. The molecule has 0 aliphatic rings. The van der Waals surface area contributed by atoms with Crippen molar-refractivity contribution in [1.29, 1.82) is 0 Å². The van der Waals surface area contributed by atoms with Gasteiger partial charge in [-0.1, -0.05) is 12.6 Å². The first kappa shape index (κ1) is 10.6. The second-order valence-electron chi connectivity index (χ2n) is 2.28. The Bertz CT molecular complexity index is 233. The molecular formula is C9H12IN. The Morgan fingerprint density at radius 1 is 1.55 bits per heavy atom. The fourth-order valence-corrected chi connectivity index (χ4v) is 0.906. The molecular weight excluding hydrogens is 249 g/mol. The lowest BCUT2D eigenvalue weighted by Gasteiger charge is -1.93. The zero-order valence-electron chi connectivity index (χ0n) is 6.63. The molecule has 0 fully saturated rings. The van der Waals surface area contributed by atoms with Crippen LogP contribution in [0.1, 0.15) is 5.69 Å². The summed E-state index contributed by atoms with van der Waals surface area (Å²) in [5, 5.41) is 0. The third-order valence-electron chi connectivity index (χ3n) is 1.49. The van der Waals surface area contributed by atoms with Gasteiger partial charge in [-0.05, 0) is 6.08 Å². The SMILES string of the molecule is C=CC[n+]1ccccc1C.[I-]. The minimum atomic E-state index is 0. The standard InChI is InChI=1S/C9H12N.HI/c1-3-7-10-8-5-4-6-9(10)2;/h3-6,8H,1,7H2,2H3;1H/q+1;/p-1. The van der Waals surface area contributed by atoms with Crippen molar-refractivity contribution in [1.82, 2.24) is 0 Å². The van der Waals surface area contributed by atoms with Gasteiger partial charge in [0.25, 0.3) is 0 Å². The van der Waals surface area contributed by atoms with Crippen LogP contribution in [0.2, 0.25) is 0 Å². The van der Waals surface area contributed by atoms with Crippen LogP contribution in [0, 0.1) is 6.92 Å². The highest BCUT2D eigenvalue weighted by atomic mass is 127. The lowest BCUT2D eigenvalue weighted by atomic mass is 10.3. The summed E-state index contributed by atoms with van der Waals surface area (Å²) < 4.78 is 2.15. The molecule has 60 valence electrons. The molecule has 1 aromatic heterocycles. The fourth-order valence-electron chi connectivity index (χ4n) is 0.906. The molecule has 0 aromatic carbocycles. The number of rotatable bonds is 2. The number of pyridine rings is 1. The molecule has 0 aliphatic heterocycles. The predicted octanol–water partition coefficient (Wildman–Crippen LogP) is -1.53. The number of hydrogen-bond donors (Lipinski definition) is 0. The molecule has 1 rings (SSSR count). The summed E-state index contributed by atoms with van der Waals surface area (Å²) in [6.07, 6.45) is 3.95. The van der Waals surface area contributed by atoms with Crippen LogP contribution in [0.15, 0.2) is 37.1 Å². The largest absolute Gasteiger partial charge is 1.00 e. The van der Waals surface area contributed by atoms with E-state index in [1.165, 1.54) is 5.69 Å². The van der Waals surface area contributed by atoms with Gasteiger partial charge in [-0.15, -0.1) is 0 Å². The van der Waals surface area contributed by atoms with Crippen LogP contribution in [-0.4, -0.2) is 0 Å². The van der Waals surface area contributed by atoms with E-state index in [0.29, 0.717) is 0 Å². The van der Waals surface area contributed by atoms with E-state index < -0.39 is 0 Å². The van der Waals surface area contributed by atoms with Crippen molar-refractivity contribution in [2.75, 3.05) is 0 Å². The Labute approximate surface area is 84.8 Å². The van der Waals surface area contributed by atoms with Crippen molar-refractivity contribution >= 4 is 0 Å². The summed E-state index contributed by atoms with van der Waals surface area (Å²) in [7, 11) is 0. The van der Waals surface area contributed by atoms with E-state index >= 15 is 0 Å². The van der Waals surface area contributed by atoms with Crippen LogP contribution in [-0.2, 0) is 6.54 Å². The van der Waals surface area contributed by atoms with E-state index in [4.69, 9.17) is 0 Å². The van der Waals surface area contributed by atoms with Gasteiger partial charge >= 0.3 is 0 Å². The normalized spacial score (nSPS) is 8.45. The minimum absolute atomic E-state index is 0. The van der Waals surface area contributed by atoms with Gasteiger partial charge in [0.05, 0.1) is 0 Å². The van der Waals surface area contributed by atoms with Gasteiger partial charge in [-0.3, -0.25) is 0 Å². The molecule has 0 saturated heterocycles. The maximum absolute atomic E-state index is 3.68. The molecule has 0 N–H and O–H groups in total. The summed E-state index contributed by atoms with van der Waals surface area (Å²) in [5.41, 5.74) is 1.27. The van der Waals surface area contributed by atoms with Gasteiger partial charge in [0.1, 0.15) is 0 Å². The molecule has 0 radical (unpaired) electrons. The first-order valence-electron chi connectivity index (χ1n) is 3.40. The van der Waals surface area contributed by atoms with Crippen LogP contribution in [0.4, 0.5) is 0 Å². The van der Waals surface area contributed by atoms with Crippen molar-refractivity contribution in [3.63, 3.8) is 0 Å². The highest BCUT2D eigenvalue weighted by Gasteiger charge is 1.98. The zero-order valence-corrected chi connectivity index (χ0v) is 8.78. The zero-order chi connectivity index (χ0) is 7.40. The Kier molecular flexibility index (Phi) is 5.11. The van der Waals surface area contributed by atoms with Gasteiger partial charge in [0.15, 0.2) is 18.4 Å². The highest BCUT2D eigenvalue weighted by molar-refractivity contribution is 4.94. The maximum atomic E-state index is 3.68. The lowest BCUT2D eigenvalue weighted by molar-refractivity contribution is -0.692. The van der Waals surface area contributed by atoms with Crippen molar-refractivity contribution in [3.8, 4) is 0 Å². The third-order valence-corrected chi connectivity index (χ3v) is 1.49. The van der Waals surface area contributed by atoms with Crippen molar-refractivity contribution in [2.24, 2.45) is 0 Å². The second kappa shape index (κ2) is 5.29. The molecule has 1 nitrogen and oxygen atoms in total. The highest BCUT2D eigenvalue weighted by Crippen LogP contribution is 1.86. The molecule has 11 heavy (non-hydrogen) atoms. The maximum Gasteiger partial charge on any atom is 0.178 e. The number of aromatic nitrogens is 1. The average molecular weight is 261 g/mol. The predicted molar refractivity (Wildman–Crippen MR) is 41.6 cm³/mol. The quantitative estimate of drug-likeness (QED) is 0.345. The smallest absolute Gasteiger partial charge is 0.178 e. The number of aryl methyl sites for hydroxylation is 1. The summed E-state index contributed by atoms with van der Waals surface area (Å²) in [5.74, 6) is 0. The van der Waals surface area contributed by atoms with E-state index in [1.807, 2.05) is 18.2 Å². The third kappa shape index (κ3) is 3.01. The Morgan fingerprint density at radius 2 is 2.27 bits per heavy atom. The summed E-state index contributed by atoms with van der Waals surface area (Å²) in [4.78, 5) is 0. The van der Waals surface area contributed by atoms with Gasteiger partial charge in [0.2, 0.25) is 0 Å². The fraction of sp³-hybridized carbons (Fsp3) is 0.222. The van der Waals surface area contributed by atoms with Gasteiger partial charge < -0.3 is 24.0 Å². The first-order chi connectivity index (χ1) is 4.84. The summed E-state index contributed by atoms with van der Waals surface area (Å²) in [6, 6.07) is 6.15. The van der Waals surface area contributed by atoms with E-state index in [0.717, 1.165) is 6.54 Å². The molecule has 1 aromatic rings. The first-order valence-corrected chi connectivity index (χ1v) is 3.40. The van der Waals surface area contributed by atoms with Crippen LogP contribution < -0.4 is 28.5 Å². The number of allylic oxidation sites excluding steroid dienone is 1. The van der Waals surface area contributed by atoms with Crippen LogP contribution in [0.3, 0.4) is 0 Å². The van der Waals surface area contributed by atoms with Gasteiger partial charge in [-0.2, -0.15) is 4.57 Å². The van der Waals surface area contributed by atoms with E-state index in [9.17, 15) is 0 Å². The van der Waals surface area contributed by atoms with Crippen molar-refractivity contribution in [2.45, 2.75) is 13.5 Å². The van der Waals surface area contributed by atoms with Crippen molar-refractivity contribution in [3.05, 3.63) is 42.7 Å². The second-order valence-corrected chi connectivity index (χ2v) is 2.28. The van der Waals surface area contributed by atoms with Crippen LogP contribution in [0.5, 0.6) is 0 Å². The Morgan fingerprint density at radius 3 is 2.82 bits per heavy atom. The average Bonchev–Trinajstić information content (AvgIpc) is 1.94. The van der Waals surface area contributed by atoms with Gasteiger partial charge in [0, 0.05) is 19.1 Å². The van der Waals surface area contributed by atoms with Gasteiger partial charge in [-0.25, -0.2) is 0 Å². The molecule has 2 heteroatoms. The summed E-state index contributed by atoms with van der Waals surface area (Å²) >= 11 is 0. The number of halogens is 1. The lowest BCUT2D eigenvalue weighted by Crippen LogP contribution is -3.00. The molecule has 0 atom stereocenters. The minimum Gasteiger partial charge on any atom is -1.00 e. The van der Waals surface area contributed by atoms with E-state index in [1.54, 1.807) is 0 Å². The van der Waals surface area contributed by atoms with E-state index in [-0.39, 0.29) is 24.0 Å². The molecule has 0 saturated carbocycles. The number of hydrogen-bond acceptors (Lipinski definition) is 0. The Balaban J connectivity index is 0.000001000.